The van der Waals surface area contributed by atoms with Crippen LogP contribution in [-0.4, -0.2) is 60.1 Å². The fraction of sp³-hybridized carbons (Fsp3) is 0.917. The first-order valence-corrected chi connectivity index (χ1v) is 7.00. The Labute approximate surface area is 117 Å². The SMILES string of the molecule is CC(C)(C)OC(=O)N1C[C@H]2CC[C@@H](C1)N2C[B-](F)(F)F. The van der Waals surface area contributed by atoms with Gasteiger partial charge in [-0.3, -0.25) is 0 Å². The van der Waals surface area contributed by atoms with Crippen LogP contribution in [0.4, 0.5) is 17.7 Å². The molecule has 2 aliphatic heterocycles. The first-order chi connectivity index (χ1) is 9.05. The third-order valence-corrected chi connectivity index (χ3v) is 3.70. The van der Waals surface area contributed by atoms with Crippen LogP contribution < -0.4 is 0 Å². The highest BCUT2D eigenvalue weighted by Crippen LogP contribution is 2.32. The molecule has 4 nitrogen and oxygen atoms in total. The maximum Gasteiger partial charge on any atom is 0.492 e. The van der Waals surface area contributed by atoms with Crippen molar-refractivity contribution in [3.8, 4) is 0 Å². The Bertz CT molecular complexity index is 370. The number of hydrogen-bond acceptors (Lipinski definition) is 3. The van der Waals surface area contributed by atoms with Crippen LogP contribution in [0.15, 0.2) is 0 Å². The van der Waals surface area contributed by atoms with E-state index in [1.807, 2.05) is 0 Å². The maximum atomic E-state index is 12.6. The summed E-state index contributed by atoms with van der Waals surface area (Å²) < 4.78 is 43.1. The molecule has 0 aromatic rings. The summed E-state index contributed by atoms with van der Waals surface area (Å²) in [6.45, 7) is 1.19. The number of nitrogens with zero attached hydrogens (tertiary/aromatic N) is 2. The topological polar surface area (TPSA) is 32.8 Å². The second-order valence-electron chi connectivity index (χ2n) is 6.68. The second kappa shape index (κ2) is 5.13. The molecule has 2 fully saturated rings. The molecule has 0 aromatic carbocycles. The molecule has 20 heavy (non-hydrogen) atoms. The quantitative estimate of drug-likeness (QED) is 0.733. The van der Waals surface area contributed by atoms with Crippen LogP contribution in [0, 0.1) is 0 Å². The van der Waals surface area contributed by atoms with Crippen molar-refractivity contribution >= 4 is 13.1 Å². The average Bonchev–Trinajstić information content (AvgIpc) is 2.47. The van der Waals surface area contributed by atoms with Crippen LogP contribution in [0.5, 0.6) is 0 Å². The summed E-state index contributed by atoms with van der Waals surface area (Å²) >= 11 is 0. The van der Waals surface area contributed by atoms with Gasteiger partial charge in [0.2, 0.25) is 0 Å². The summed E-state index contributed by atoms with van der Waals surface area (Å²) in [5, 5.41) is 0. The van der Waals surface area contributed by atoms with Crippen molar-refractivity contribution in [3.05, 3.63) is 0 Å². The van der Waals surface area contributed by atoms with Gasteiger partial charge in [0.1, 0.15) is 5.60 Å². The largest absolute Gasteiger partial charge is 0.492 e. The van der Waals surface area contributed by atoms with E-state index in [1.165, 1.54) is 4.90 Å². The molecule has 1 amide bonds. The Hall–Kier alpha value is -0.915. The highest BCUT2D eigenvalue weighted by molar-refractivity contribution is 6.58. The summed E-state index contributed by atoms with van der Waals surface area (Å²) in [7, 11) is 0. The second-order valence-corrected chi connectivity index (χ2v) is 6.68. The van der Waals surface area contributed by atoms with Gasteiger partial charge < -0.3 is 27.5 Å². The van der Waals surface area contributed by atoms with E-state index in [9.17, 15) is 17.7 Å². The molecular weight excluding hydrogens is 272 g/mol. The Balaban J connectivity index is 1.97. The number of piperazine rings is 1. The van der Waals surface area contributed by atoms with Crippen LogP contribution in [0.3, 0.4) is 0 Å². The van der Waals surface area contributed by atoms with Crippen LogP contribution in [-0.2, 0) is 4.74 Å². The molecule has 0 aromatic heterocycles. The van der Waals surface area contributed by atoms with E-state index in [4.69, 9.17) is 4.74 Å². The smallest absolute Gasteiger partial charge is 0.448 e. The monoisotopic (exact) mass is 293 g/mol. The van der Waals surface area contributed by atoms with E-state index >= 15 is 0 Å². The van der Waals surface area contributed by atoms with Gasteiger partial charge in [0, 0.05) is 25.2 Å². The molecule has 0 N–H and O–H groups in total. The minimum absolute atomic E-state index is 0.190. The number of likely N-dealkylation sites (tertiary alicyclic amines) is 1. The molecule has 2 rings (SSSR count). The number of ether oxygens (including phenoxy) is 1. The van der Waals surface area contributed by atoms with Crippen molar-refractivity contribution in [2.45, 2.75) is 51.3 Å². The predicted octanol–water partition coefficient (Wildman–Crippen LogP) is 2.46. The minimum Gasteiger partial charge on any atom is -0.448 e. The molecule has 0 aliphatic carbocycles. The van der Waals surface area contributed by atoms with Gasteiger partial charge in [-0.15, -0.1) is 0 Å². The van der Waals surface area contributed by atoms with Gasteiger partial charge in [-0.1, -0.05) is 0 Å². The first-order valence-electron chi connectivity index (χ1n) is 7.00. The molecule has 0 unspecified atom stereocenters. The summed E-state index contributed by atoms with van der Waals surface area (Å²) in [4.78, 5) is 15.1. The number of fused-ring (bicyclic) bond motifs is 2. The van der Waals surface area contributed by atoms with Gasteiger partial charge in [0.05, 0.1) is 0 Å². The van der Waals surface area contributed by atoms with Crippen LogP contribution in [0.2, 0.25) is 0 Å². The molecule has 2 saturated heterocycles. The normalized spacial score (nSPS) is 27.8. The number of carbonyl (C=O) groups excluding carboxylic acids is 1. The van der Waals surface area contributed by atoms with Gasteiger partial charge in [0.15, 0.2) is 0 Å². The molecule has 2 aliphatic rings. The zero-order valence-electron chi connectivity index (χ0n) is 12.1. The Morgan fingerprint density at radius 2 is 1.70 bits per heavy atom. The van der Waals surface area contributed by atoms with Crippen molar-refractivity contribution in [3.63, 3.8) is 0 Å². The standard InChI is InChI=1S/C12H21BF3N2O2/c1-12(2,3)20-11(19)17-6-9-4-5-10(7-17)18(9)8-13(14,15)16/h9-10H,4-8H2,1-3H3/q-1/t9-,10+. The number of hydrogen-bond donors (Lipinski definition) is 0. The number of amides is 1. The van der Waals surface area contributed by atoms with Crippen LogP contribution >= 0.6 is 0 Å². The lowest BCUT2D eigenvalue weighted by Gasteiger charge is -2.43. The van der Waals surface area contributed by atoms with E-state index in [-0.39, 0.29) is 12.1 Å². The third kappa shape index (κ3) is 3.80. The summed E-state index contributed by atoms with van der Waals surface area (Å²) in [6.07, 6.45) is 0.190. The highest BCUT2D eigenvalue weighted by atomic mass is 19.4. The van der Waals surface area contributed by atoms with Crippen molar-refractivity contribution in [1.82, 2.24) is 9.80 Å². The molecule has 2 atom stereocenters. The Morgan fingerprint density at radius 1 is 1.20 bits per heavy atom. The first kappa shape index (κ1) is 15.5. The van der Waals surface area contributed by atoms with Crippen molar-refractivity contribution in [2.24, 2.45) is 0 Å². The number of carbonyl (C=O) groups is 1. The molecular formula is C12H21BF3N2O2-. The fourth-order valence-electron chi connectivity index (χ4n) is 3.00. The molecule has 0 saturated carbocycles. The number of rotatable bonds is 2. The predicted molar refractivity (Wildman–Crippen MR) is 70.4 cm³/mol. The van der Waals surface area contributed by atoms with Gasteiger partial charge in [-0.2, -0.15) is 0 Å². The zero-order chi connectivity index (χ0) is 15.1. The Morgan fingerprint density at radius 3 is 2.10 bits per heavy atom. The lowest BCUT2D eigenvalue weighted by molar-refractivity contribution is 0.00326. The van der Waals surface area contributed by atoms with Crippen LogP contribution in [0.1, 0.15) is 33.6 Å². The summed E-state index contributed by atoms with van der Waals surface area (Å²) in [5.74, 6) is 0. The maximum absolute atomic E-state index is 12.6. The minimum atomic E-state index is -4.82. The fourth-order valence-corrected chi connectivity index (χ4v) is 3.00. The highest BCUT2D eigenvalue weighted by Gasteiger charge is 2.44. The van der Waals surface area contributed by atoms with Crippen molar-refractivity contribution in [2.75, 3.05) is 19.5 Å². The lowest BCUT2D eigenvalue weighted by atomic mass is 9.89. The molecule has 0 spiro atoms. The number of halogens is 3. The molecule has 8 heteroatoms. The molecule has 0 radical (unpaired) electrons. The van der Waals surface area contributed by atoms with E-state index < -0.39 is 25.1 Å². The van der Waals surface area contributed by atoms with Crippen molar-refractivity contribution < 1.29 is 22.5 Å². The van der Waals surface area contributed by atoms with Gasteiger partial charge in [-0.05, 0) is 40.1 Å². The molecule has 116 valence electrons. The van der Waals surface area contributed by atoms with Crippen LogP contribution in [0.25, 0.3) is 0 Å². The van der Waals surface area contributed by atoms with Crippen molar-refractivity contribution in [1.29, 1.82) is 0 Å². The van der Waals surface area contributed by atoms with E-state index in [1.54, 1.807) is 25.7 Å². The lowest BCUT2D eigenvalue weighted by Crippen LogP contribution is -2.58. The van der Waals surface area contributed by atoms with E-state index in [0.717, 1.165) is 12.8 Å². The van der Waals surface area contributed by atoms with Gasteiger partial charge in [0.25, 0.3) is 0 Å². The van der Waals surface area contributed by atoms with E-state index in [0.29, 0.717) is 13.1 Å². The third-order valence-electron chi connectivity index (χ3n) is 3.70. The van der Waals surface area contributed by atoms with Gasteiger partial charge in [-0.25, -0.2) is 4.79 Å². The summed E-state index contributed by atoms with van der Waals surface area (Å²) in [5.41, 5.74) is -0.581. The molecule has 2 bridgehead atoms. The average molecular weight is 293 g/mol. The molecule has 2 heterocycles. The Kier molecular flexibility index (Phi) is 3.97. The summed E-state index contributed by atoms with van der Waals surface area (Å²) in [6, 6.07) is -0.380. The van der Waals surface area contributed by atoms with E-state index in [2.05, 4.69) is 0 Å². The zero-order valence-corrected chi connectivity index (χ0v) is 12.1. The van der Waals surface area contributed by atoms with Gasteiger partial charge >= 0.3 is 13.1 Å².